The van der Waals surface area contributed by atoms with Crippen molar-refractivity contribution in [3.8, 4) is 17.1 Å². The molecule has 1 fully saturated rings. The highest BCUT2D eigenvalue weighted by Crippen LogP contribution is 2.22. The summed E-state index contributed by atoms with van der Waals surface area (Å²) in [5.41, 5.74) is 2.52. The lowest BCUT2D eigenvalue weighted by molar-refractivity contribution is 0.414. The van der Waals surface area contributed by atoms with Crippen molar-refractivity contribution in [3.63, 3.8) is 0 Å². The molecule has 0 aromatic carbocycles. The molecule has 124 valence electrons. The number of pyridine rings is 1. The van der Waals surface area contributed by atoms with Crippen LogP contribution in [-0.4, -0.2) is 45.6 Å². The van der Waals surface area contributed by atoms with Crippen molar-refractivity contribution in [1.82, 2.24) is 24.7 Å². The van der Waals surface area contributed by atoms with Gasteiger partial charge in [-0.1, -0.05) is 0 Å². The predicted molar refractivity (Wildman–Crippen MR) is 92.3 cm³/mol. The normalized spacial score (nSPS) is 17.8. The summed E-state index contributed by atoms with van der Waals surface area (Å²) in [7, 11) is 1.65. The van der Waals surface area contributed by atoms with Gasteiger partial charge in [-0.25, -0.2) is 9.97 Å². The molecule has 24 heavy (non-hydrogen) atoms. The Morgan fingerprint density at radius 2 is 2.29 bits per heavy atom. The fraction of sp³-hybridized carbons (Fsp3) is 0.353. The van der Waals surface area contributed by atoms with Gasteiger partial charge < -0.3 is 15.4 Å². The first kappa shape index (κ1) is 14.9. The van der Waals surface area contributed by atoms with Crippen LogP contribution in [-0.2, 0) is 0 Å². The van der Waals surface area contributed by atoms with Crippen LogP contribution in [0.25, 0.3) is 17.0 Å². The van der Waals surface area contributed by atoms with Crippen LogP contribution in [0, 0.1) is 0 Å². The van der Waals surface area contributed by atoms with Crippen molar-refractivity contribution in [2.45, 2.75) is 18.9 Å². The Morgan fingerprint density at radius 1 is 1.33 bits per heavy atom. The average Bonchev–Trinajstić information content (AvgIpc) is 3.06. The monoisotopic (exact) mass is 324 g/mol. The van der Waals surface area contributed by atoms with Crippen molar-refractivity contribution >= 4 is 11.5 Å². The number of hydrogen-bond acceptors (Lipinski definition) is 6. The van der Waals surface area contributed by atoms with Crippen molar-refractivity contribution in [2.24, 2.45) is 0 Å². The number of fused-ring (bicyclic) bond motifs is 1. The molecule has 0 radical (unpaired) electrons. The van der Waals surface area contributed by atoms with Crippen LogP contribution >= 0.6 is 0 Å². The summed E-state index contributed by atoms with van der Waals surface area (Å²) in [4.78, 5) is 13.5. The molecule has 0 amide bonds. The number of anilines is 1. The molecule has 4 heterocycles. The smallest absolute Gasteiger partial charge is 0.145 e. The minimum atomic E-state index is 0.398. The van der Waals surface area contributed by atoms with Crippen molar-refractivity contribution in [1.29, 1.82) is 0 Å². The van der Waals surface area contributed by atoms with E-state index in [4.69, 9.17) is 9.72 Å². The topological polar surface area (TPSA) is 76.4 Å². The lowest BCUT2D eigenvalue weighted by atomic mass is 10.1. The van der Waals surface area contributed by atoms with Gasteiger partial charge in [0.2, 0.25) is 0 Å². The summed E-state index contributed by atoms with van der Waals surface area (Å²) in [5.74, 6) is 1.58. The molecule has 0 bridgehead atoms. The Hall–Kier alpha value is -2.67. The molecule has 2 N–H and O–H groups in total. The van der Waals surface area contributed by atoms with Gasteiger partial charge in [-0.3, -0.25) is 9.38 Å². The molecule has 1 saturated heterocycles. The zero-order chi connectivity index (χ0) is 16.4. The van der Waals surface area contributed by atoms with Crippen molar-refractivity contribution in [2.75, 3.05) is 25.5 Å². The molecule has 7 nitrogen and oxygen atoms in total. The van der Waals surface area contributed by atoms with Crippen LogP contribution in [0.15, 0.2) is 36.9 Å². The van der Waals surface area contributed by atoms with Crippen LogP contribution in [0.4, 0.5) is 5.82 Å². The number of methoxy groups -OCH3 is 1. The van der Waals surface area contributed by atoms with E-state index in [1.165, 1.54) is 6.42 Å². The van der Waals surface area contributed by atoms with Gasteiger partial charge in [-0.2, -0.15) is 0 Å². The maximum atomic E-state index is 5.24. The Bertz CT molecular complexity index is 840. The van der Waals surface area contributed by atoms with Gasteiger partial charge in [-0.05, 0) is 25.5 Å². The molecule has 0 saturated carbocycles. The zero-order valence-corrected chi connectivity index (χ0v) is 13.6. The van der Waals surface area contributed by atoms with E-state index in [9.17, 15) is 0 Å². The molecular weight excluding hydrogens is 304 g/mol. The van der Waals surface area contributed by atoms with E-state index in [0.717, 1.165) is 48.1 Å². The van der Waals surface area contributed by atoms with E-state index < -0.39 is 0 Å². The van der Waals surface area contributed by atoms with Gasteiger partial charge in [0.05, 0.1) is 31.4 Å². The van der Waals surface area contributed by atoms with Gasteiger partial charge >= 0.3 is 0 Å². The first-order valence-electron chi connectivity index (χ1n) is 8.14. The summed E-state index contributed by atoms with van der Waals surface area (Å²) in [6, 6.07) is 4.20. The largest absolute Gasteiger partial charge is 0.497 e. The summed E-state index contributed by atoms with van der Waals surface area (Å²) in [5, 5.41) is 6.86. The molecule has 0 spiro atoms. The van der Waals surface area contributed by atoms with Crippen molar-refractivity contribution < 1.29 is 4.74 Å². The van der Waals surface area contributed by atoms with E-state index in [0.29, 0.717) is 6.04 Å². The zero-order valence-electron chi connectivity index (χ0n) is 13.6. The Morgan fingerprint density at radius 3 is 3.12 bits per heavy atom. The number of piperidine rings is 1. The quantitative estimate of drug-likeness (QED) is 0.764. The van der Waals surface area contributed by atoms with Crippen LogP contribution in [0.2, 0.25) is 0 Å². The highest BCUT2D eigenvalue weighted by Gasteiger charge is 2.14. The van der Waals surface area contributed by atoms with Crippen LogP contribution in [0.5, 0.6) is 5.75 Å². The van der Waals surface area contributed by atoms with Gasteiger partial charge in [0.1, 0.15) is 22.9 Å². The predicted octanol–water partition coefficient (Wildman–Crippen LogP) is 1.96. The molecule has 0 unspecified atom stereocenters. The second-order valence-corrected chi connectivity index (χ2v) is 5.92. The highest BCUT2D eigenvalue weighted by molar-refractivity contribution is 5.61. The van der Waals surface area contributed by atoms with E-state index >= 15 is 0 Å². The second kappa shape index (κ2) is 6.45. The average molecular weight is 324 g/mol. The lowest BCUT2D eigenvalue weighted by Crippen LogP contribution is -2.38. The number of nitrogens with zero attached hydrogens (tertiary/aromatic N) is 4. The Kier molecular flexibility index (Phi) is 4.00. The highest BCUT2D eigenvalue weighted by atomic mass is 16.5. The molecular formula is C17H20N6O. The molecule has 0 aliphatic carbocycles. The van der Waals surface area contributed by atoms with Crippen LogP contribution in [0.3, 0.4) is 0 Å². The number of imidazole rings is 1. The molecule has 1 aliphatic heterocycles. The number of nitrogens with one attached hydrogen (secondary N) is 2. The molecule has 1 aliphatic rings. The van der Waals surface area contributed by atoms with Crippen LogP contribution in [0.1, 0.15) is 12.8 Å². The van der Waals surface area contributed by atoms with Crippen molar-refractivity contribution in [3.05, 3.63) is 36.9 Å². The third kappa shape index (κ3) is 2.90. The number of rotatable bonds is 4. The molecule has 3 aromatic heterocycles. The first-order chi connectivity index (χ1) is 11.8. The molecule has 3 aromatic rings. The first-order valence-corrected chi connectivity index (χ1v) is 8.14. The number of hydrogen-bond donors (Lipinski definition) is 2. The summed E-state index contributed by atoms with van der Waals surface area (Å²) in [6.07, 6.45) is 9.60. The van der Waals surface area contributed by atoms with Gasteiger partial charge in [0, 0.05) is 24.8 Å². The molecule has 1 atom stereocenters. The second-order valence-electron chi connectivity index (χ2n) is 5.92. The maximum absolute atomic E-state index is 5.24. The Balaban J connectivity index is 1.63. The molecule has 7 heteroatoms. The van der Waals surface area contributed by atoms with Crippen LogP contribution < -0.4 is 15.4 Å². The molecule has 4 rings (SSSR count). The Labute approximate surface area is 140 Å². The summed E-state index contributed by atoms with van der Waals surface area (Å²) < 4.78 is 7.23. The standard InChI is InChI=1S/C17H20N6O/c1-24-13-4-6-23-15(10-20-17(23)7-13)14-9-19-11-16(22-14)21-12-3-2-5-18-8-12/h4,6-7,9-12,18H,2-3,5,8H2,1H3,(H,21,22)/t12-/m1/s1. The van der Waals surface area contributed by atoms with Gasteiger partial charge in [-0.15, -0.1) is 0 Å². The maximum Gasteiger partial charge on any atom is 0.145 e. The van der Waals surface area contributed by atoms with E-state index in [1.54, 1.807) is 19.5 Å². The minimum Gasteiger partial charge on any atom is -0.497 e. The summed E-state index contributed by atoms with van der Waals surface area (Å²) in [6.45, 7) is 2.05. The SMILES string of the molecule is COc1ccn2c(-c3cncc(N[C@@H]4CCCNC4)n3)cnc2c1. The van der Waals surface area contributed by atoms with E-state index in [-0.39, 0.29) is 0 Å². The van der Waals surface area contributed by atoms with E-state index in [2.05, 4.69) is 20.6 Å². The number of aromatic nitrogens is 4. The third-order valence-corrected chi connectivity index (χ3v) is 4.27. The fourth-order valence-corrected chi connectivity index (χ4v) is 3.02. The third-order valence-electron chi connectivity index (χ3n) is 4.27. The number of ether oxygens (including phenoxy) is 1. The fourth-order valence-electron chi connectivity index (χ4n) is 3.02. The van der Waals surface area contributed by atoms with Gasteiger partial charge in [0.15, 0.2) is 0 Å². The van der Waals surface area contributed by atoms with Gasteiger partial charge in [0.25, 0.3) is 0 Å². The lowest BCUT2D eigenvalue weighted by Gasteiger charge is -2.24. The minimum absolute atomic E-state index is 0.398. The van der Waals surface area contributed by atoms with E-state index in [1.807, 2.05) is 28.9 Å². The summed E-state index contributed by atoms with van der Waals surface area (Å²) >= 11 is 0.